The van der Waals surface area contributed by atoms with Gasteiger partial charge in [-0.3, -0.25) is 9.59 Å². The van der Waals surface area contributed by atoms with Crippen LogP contribution < -0.4 is 10.7 Å². The van der Waals surface area contributed by atoms with Gasteiger partial charge in [0.25, 0.3) is 0 Å². The number of rotatable bonds is 4. The summed E-state index contributed by atoms with van der Waals surface area (Å²) in [5.74, 6) is -2.24. The fourth-order valence-corrected chi connectivity index (χ4v) is 3.11. The summed E-state index contributed by atoms with van der Waals surface area (Å²) in [6.07, 6.45) is 1.50. The minimum absolute atomic E-state index is 0.317. The minimum atomic E-state index is -0.918. The number of aromatic nitrogens is 1. The SMILES string of the molecule is Cc1ccc(-n2c(C)cc(/C=N\NC(=O)C(=O)Nc3ccc(F)cc3)c2C)cc1C. The third-order valence-corrected chi connectivity index (χ3v) is 4.90. The highest BCUT2D eigenvalue weighted by molar-refractivity contribution is 6.39. The van der Waals surface area contributed by atoms with Gasteiger partial charge in [-0.25, -0.2) is 9.82 Å². The highest BCUT2D eigenvalue weighted by Gasteiger charge is 2.14. The molecule has 154 valence electrons. The zero-order chi connectivity index (χ0) is 21.8. The molecule has 0 aliphatic carbocycles. The molecule has 0 bridgehead atoms. The van der Waals surface area contributed by atoms with E-state index in [0.29, 0.717) is 5.69 Å². The number of carbonyl (C=O) groups is 2. The number of hydrazone groups is 1. The molecule has 3 aromatic rings. The summed E-state index contributed by atoms with van der Waals surface area (Å²) in [5, 5.41) is 6.28. The molecule has 7 heteroatoms. The molecular formula is C23H23FN4O2. The van der Waals surface area contributed by atoms with Gasteiger partial charge in [-0.2, -0.15) is 5.10 Å². The van der Waals surface area contributed by atoms with Gasteiger partial charge in [0.15, 0.2) is 0 Å². The third kappa shape index (κ3) is 4.63. The number of halogens is 1. The Hall–Kier alpha value is -3.74. The molecule has 2 N–H and O–H groups in total. The average Bonchev–Trinajstić information content (AvgIpc) is 2.99. The van der Waals surface area contributed by atoms with Gasteiger partial charge in [-0.15, -0.1) is 0 Å². The van der Waals surface area contributed by atoms with Crippen LogP contribution in [0.5, 0.6) is 0 Å². The Morgan fingerprint density at radius 2 is 1.63 bits per heavy atom. The second-order valence-corrected chi connectivity index (χ2v) is 7.09. The number of aryl methyl sites for hydroxylation is 3. The molecule has 2 amide bonds. The molecule has 0 fully saturated rings. The van der Waals surface area contributed by atoms with Crippen LogP contribution in [0.15, 0.2) is 53.6 Å². The van der Waals surface area contributed by atoms with Crippen LogP contribution >= 0.6 is 0 Å². The molecule has 0 saturated heterocycles. The first-order valence-electron chi connectivity index (χ1n) is 9.43. The van der Waals surface area contributed by atoms with Gasteiger partial charge in [-0.1, -0.05) is 6.07 Å². The highest BCUT2D eigenvalue weighted by atomic mass is 19.1. The molecule has 0 aliphatic heterocycles. The van der Waals surface area contributed by atoms with E-state index in [1.165, 1.54) is 41.6 Å². The Balaban J connectivity index is 1.69. The van der Waals surface area contributed by atoms with E-state index in [2.05, 4.69) is 52.5 Å². The lowest BCUT2D eigenvalue weighted by atomic mass is 10.1. The average molecular weight is 406 g/mol. The van der Waals surface area contributed by atoms with Crippen LogP contribution in [0.25, 0.3) is 5.69 Å². The highest BCUT2D eigenvalue weighted by Crippen LogP contribution is 2.21. The summed E-state index contributed by atoms with van der Waals surface area (Å²) in [5.41, 5.74) is 8.82. The maximum absolute atomic E-state index is 12.9. The minimum Gasteiger partial charge on any atom is -0.318 e. The lowest BCUT2D eigenvalue weighted by Gasteiger charge is -2.11. The first-order chi connectivity index (χ1) is 14.3. The summed E-state index contributed by atoms with van der Waals surface area (Å²) < 4.78 is 15.0. The topological polar surface area (TPSA) is 75.5 Å². The van der Waals surface area contributed by atoms with E-state index in [0.717, 1.165) is 22.6 Å². The van der Waals surface area contributed by atoms with Crippen molar-refractivity contribution >= 4 is 23.7 Å². The van der Waals surface area contributed by atoms with Crippen molar-refractivity contribution < 1.29 is 14.0 Å². The van der Waals surface area contributed by atoms with Gasteiger partial charge in [0.2, 0.25) is 0 Å². The number of hydrogen-bond acceptors (Lipinski definition) is 3. The molecule has 0 unspecified atom stereocenters. The van der Waals surface area contributed by atoms with Crippen LogP contribution in [0.4, 0.5) is 10.1 Å². The van der Waals surface area contributed by atoms with E-state index in [-0.39, 0.29) is 0 Å². The molecule has 30 heavy (non-hydrogen) atoms. The first-order valence-corrected chi connectivity index (χ1v) is 9.43. The predicted octanol–water partition coefficient (Wildman–Crippen LogP) is 3.94. The summed E-state index contributed by atoms with van der Waals surface area (Å²) >= 11 is 0. The Bertz CT molecular complexity index is 1130. The van der Waals surface area contributed by atoms with E-state index < -0.39 is 17.6 Å². The number of carbonyl (C=O) groups excluding carboxylic acids is 2. The van der Waals surface area contributed by atoms with Crippen molar-refractivity contribution in [3.8, 4) is 5.69 Å². The van der Waals surface area contributed by atoms with Gasteiger partial charge in [0.1, 0.15) is 5.82 Å². The van der Waals surface area contributed by atoms with Crippen molar-refractivity contribution in [1.82, 2.24) is 9.99 Å². The number of amides is 2. The Morgan fingerprint density at radius 3 is 2.30 bits per heavy atom. The number of hydrogen-bond donors (Lipinski definition) is 2. The summed E-state index contributed by atoms with van der Waals surface area (Å²) in [7, 11) is 0. The van der Waals surface area contributed by atoms with Crippen molar-refractivity contribution in [3.05, 3.63) is 82.4 Å². The molecule has 0 saturated carbocycles. The van der Waals surface area contributed by atoms with Crippen LogP contribution in [0, 0.1) is 33.5 Å². The normalized spacial score (nSPS) is 11.0. The molecule has 0 spiro atoms. The van der Waals surface area contributed by atoms with Crippen molar-refractivity contribution in [2.45, 2.75) is 27.7 Å². The Morgan fingerprint density at radius 1 is 0.933 bits per heavy atom. The summed E-state index contributed by atoms with van der Waals surface area (Å²) in [6.45, 7) is 8.10. The largest absolute Gasteiger partial charge is 0.329 e. The predicted molar refractivity (Wildman–Crippen MR) is 115 cm³/mol. The third-order valence-electron chi connectivity index (χ3n) is 4.90. The Kier molecular flexibility index (Phi) is 6.11. The molecule has 2 aromatic carbocycles. The lowest BCUT2D eigenvalue weighted by molar-refractivity contribution is -0.136. The van der Waals surface area contributed by atoms with Gasteiger partial charge in [0, 0.05) is 28.3 Å². The smallest absolute Gasteiger partial charge is 0.318 e. The zero-order valence-electron chi connectivity index (χ0n) is 17.3. The van der Waals surface area contributed by atoms with Crippen molar-refractivity contribution in [2.75, 3.05) is 5.32 Å². The first kappa shape index (κ1) is 21.0. The monoisotopic (exact) mass is 406 g/mol. The maximum Gasteiger partial charge on any atom is 0.329 e. The van der Waals surface area contributed by atoms with Crippen LogP contribution in [0.1, 0.15) is 28.1 Å². The molecule has 0 aliphatic rings. The Labute approximate surface area is 174 Å². The van der Waals surface area contributed by atoms with Crippen LogP contribution in [-0.2, 0) is 9.59 Å². The fourth-order valence-electron chi connectivity index (χ4n) is 3.11. The van der Waals surface area contributed by atoms with Crippen LogP contribution in [-0.4, -0.2) is 22.6 Å². The van der Waals surface area contributed by atoms with E-state index in [1.807, 2.05) is 19.9 Å². The van der Waals surface area contributed by atoms with Gasteiger partial charge in [-0.05, 0) is 81.3 Å². The molecule has 0 atom stereocenters. The molecule has 1 aromatic heterocycles. The van der Waals surface area contributed by atoms with E-state index in [4.69, 9.17) is 0 Å². The number of anilines is 1. The van der Waals surface area contributed by atoms with Crippen molar-refractivity contribution in [2.24, 2.45) is 5.10 Å². The van der Waals surface area contributed by atoms with Crippen molar-refractivity contribution in [1.29, 1.82) is 0 Å². The van der Waals surface area contributed by atoms with E-state index in [1.54, 1.807) is 0 Å². The van der Waals surface area contributed by atoms with Gasteiger partial charge < -0.3 is 9.88 Å². The number of nitrogens with zero attached hydrogens (tertiary/aromatic N) is 2. The second-order valence-electron chi connectivity index (χ2n) is 7.09. The summed E-state index contributed by atoms with van der Waals surface area (Å²) in [6, 6.07) is 13.3. The van der Waals surface area contributed by atoms with Gasteiger partial charge >= 0.3 is 11.8 Å². The van der Waals surface area contributed by atoms with Crippen molar-refractivity contribution in [3.63, 3.8) is 0 Å². The number of benzene rings is 2. The zero-order valence-corrected chi connectivity index (χ0v) is 17.3. The van der Waals surface area contributed by atoms with E-state index in [9.17, 15) is 14.0 Å². The number of nitrogens with one attached hydrogen (secondary N) is 2. The molecular weight excluding hydrogens is 383 g/mol. The van der Waals surface area contributed by atoms with Gasteiger partial charge in [0.05, 0.1) is 6.21 Å². The quantitative estimate of drug-likeness (QED) is 0.391. The van der Waals surface area contributed by atoms with Crippen LogP contribution in [0.3, 0.4) is 0 Å². The summed E-state index contributed by atoms with van der Waals surface area (Å²) in [4.78, 5) is 23.9. The molecule has 3 rings (SSSR count). The second kappa shape index (κ2) is 8.73. The molecule has 0 radical (unpaired) electrons. The van der Waals surface area contributed by atoms with E-state index >= 15 is 0 Å². The maximum atomic E-state index is 12.9. The molecule has 1 heterocycles. The van der Waals surface area contributed by atoms with Crippen LogP contribution in [0.2, 0.25) is 0 Å². The fraction of sp³-hybridized carbons (Fsp3) is 0.174. The molecule has 6 nitrogen and oxygen atoms in total. The lowest BCUT2D eigenvalue weighted by Crippen LogP contribution is -2.32. The standard InChI is InChI=1S/C23H23FN4O2/c1-14-5-10-21(11-15(14)2)28-16(3)12-18(17(28)4)13-25-27-23(30)22(29)26-20-8-6-19(24)7-9-20/h5-13H,1-4H3,(H,26,29)(H,27,30)/b25-13-.